The van der Waals surface area contributed by atoms with Crippen LogP contribution in [0.5, 0.6) is 5.88 Å². The molecule has 102 valence electrons. The van der Waals surface area contributed by atoms with E-state index >= 15 is 0 Å². The third-order valence-corrected chi connectivity index (χ3v) is 3.61. The number of aryl methyl sites for hydroxylation is 2. The number of aromatic nitrogens is 2. The van der Waals surface area contributed by atoms with E-state index in [-0.39, 0.29) is 5.54 Å². The zero-order valence-corrected chi connectivity index (χ0v) is 11.7. The van der Waals surface area contributed by atoms with Crippen LogP contribution in [-0.4, -0.2) is 35.6 Å². The van der Waals surface area contributed by atoms with Crippen molar-refractivity contribution in [2.75, 3.05) is 20.3 Å². The molecule has 0 amide bonds. The molecule has 18 heavy (non-hydrogen) atoms. The smallest absolute Gasteiger partial charge is 0.216 e. The number of nitrogens with one attached hydrogen (secondary N) is 1. The molecule has 0 spiro atoms. The Labute approximate surface area is 108 Å². The highest BCUT2D eigenvalue weighted by Gasteiger charge is 2.27. The summed E-state index contributed by atoms with van der Waals surface area (Å²) in [5.41, 5.74) is 2.21. The van der Waals surface area contributed by atoms with E-state index in [1.165, 1.54) is 0 Å². The molecule has 1 fully saturated rings. The van der Waals surface area contributed by atoms with Crippen molar-refractivity contribution in [3.05, 3.63) is 11.3 Å². The predicted molar refractivity (Wildman–Crippen MR) is 69.8 cm³/mol. The Balaban J connectivity index is 2.05. The van der Waals surface area contributed by atoms with Gasteiger partial charge in [-0.15, -0.1) is 0 Å². The summed E-state index contributed by atoms with van der Waals surface area (Å²) in [6.45, 7) is 6.65. The molecule has 0 aromatic carbocycles. The van der Waals surface area contributed by atoms with Crippen molar-refractivity contribution in [1.82, 2.24) is 15.1 Å². The summed E-state index contributed by atoms with van der Waals surface area (Å²) in [6.07, 6.45) is 2.27. The number of hydrogen-bond donors (Lipinski definition) is 1. The molecule has 1 unspecified atom stereocenters. The summed E-state index contributed by atoms with van der Waals surface area (Å²) in [6, 6.07) is 0. The molecule has 5 heteroatoms. The van der Waals surface area contributed by atoms with Crippen molar-refractivity contribution < 1.29 is 9.47 Å². The average Bonchev–Trinajstić information content (AvgIpc) is 2.61. The molecule has 5 nitrogen and oxygen atoms in total. The highest BCUT2D eigenvalue weighted by molar-refractivity contribution is 5.30. The number of ether oxygens (including phenoxy) is 2. The lowest BCUT2D eigenvalue weighted by molar-refractivity contribution is 0.0277. The normalized spacial score (nSPS) is 24.2. The monoisotopic (exact) mass is 253 g/mol. The standard InChI is InChI=1S/C13H23N3O2/c1-10-11(12(17-4)16(3)15-10)8-14-13(2)6-5-7-18-9-13/h14H,5-9H2,1-4H3. The first-order chi connectivity index (χ1) is 8.56. The van der Waals surface area contributed by atoms with E-state index in [0.717, 1.165) is 49.7 Å². The summed E-state index contributed by atoms with van der Waals surface area (Å²) in [7, 11) is 3.59. The van der Waals surface area contributed by atoms with Crippen LogP contribution in [0.3, 0.4) is 0 Å². The summed E-state index contributed by atoms with van der Waals surface area (Å²) in [5.74, 6) is 0.834. The van der Waals surface area contributed by atoms with Gasteiger partial charge in [0, 0.05) is 25.7 Å². The van der Waals surface area contributed by atoms with Gasteiger partial charge in [-0.3, -0.25) is 0 Å². The Morgan fingerprint density at radius 1 is 1.56 bits per heavy atom. The van der Waals surface area contributed by atoms with E-state index in [4.69, 9.17) is 9.47 Å². The first kappa shape index (κ1) is 13.4. The minimum atomic E-state index is 0.0611. The molecule has 1 aliphatic rings. The van der Waals surface area contributed by atoms with Gasteiger partial charge >= 0.3 is 0 Å². The molecular weight excluding hydrogens is 230 g/mol. The first-order valence-electron chi connectivity index (χ1n) is 6.45. The van der Waals surface area contributed by atoms with Gasteiger partial charge < -0.3 is 14.8 Å². The second-order valence-electron chi connectivity index (χ2n) is 5.27. The van der Waals surface area contributed by atoms with Gasteiger partial charge in [-0.25, -0.2) is 4.68 Å². The van der Waals surface area contributed by atoms with E-state index in [1.54, 1.807) is 11.8 Å². The van der Waals surface area contributed by atoms with Gasteiger partial charge in [0.15, 0.2) is 0 Å². The Hall–Kier alpha value is -1.07. The van der Waals surface area contributed by atoms with E-state index in [9.17, 15) is 0 Å². The summed E-state index contributed by atoms with van der Waals surface area (Å²) in [5, 5.41) is 7.97. The van der Waals surface area contributed by atoms with Crippen molar-refractivity contribution in [3.8, 4) is 5.88 Å². The van der Waals surface area contributed by atoms with Gasteiger partial charge in [0.1, 0.15) is 0 Å². The number of methoxy groups -OCH3 is 1. The zero-order valence-electron chi connectivity index (χ0n) is 11.7. The van der Waals surface area contributed by atoms with Crippen LogP contribution in [0, 0.1) is 6.92 Å². The topological polar surface area (TPSA) is 48.3 Å². The molecule has 1 saturated heterocycles. The van der Waals surface area contributed by atoms with Gasteiger partial charge in [0.2, 0.25) is 5.88 Å². The molecule has 0 bridgehead atoms. The Morgan fingerprint density at radius 2 is 2.33 bits per heavy atom. The molecule has 1 aliphatic heterocycles. The highest BCUT2D eigenvalue weighted by Crippen LogP contribution is 2.23. The van der Waals surface area contributed by atoms with Crippen LogP contribution in [0.25, 0.3) is 0 Å². The minimum Gasteiger partial charge on any atom is -0.481 e. The fourth-order valence-corrected chi connectivity index (χ4v) is 2.51. The second kappa shape index (κ2) is 5.28. The van der Waals surface area contributed by atoms with Gasteiger partial charge in [0.05, 0.1) is 25.0 Å². The van der Waals surface area contributed by atoms with Gasteiger partial charge in [-0.05, 0) is 26.7 Å². The fourth-order valence-electron chi connectivity index (χ4n) is 2.51. The molecule has 0 radical (unpaired) electrons. The van der Waals surface area contributed by atoms with Crippen molar-refractivity contribution in [3.63, 3.8) is 0 Å². The lowest BCUT2D eigenvalue weighted by Crippen LogP contribution is -2.48. The highest BCUT2D eigenvalue weighted by atomic mass is 16.5. The molecule has 0 saturated carbocycles. The lowest BCUT2D eigenvalue weighted by Gasteiger charge is -2.34. The van der Waals surface area contributed by atoms with Gasteiger partial charge in [-0.1, -0.05) is 0 Å². The number of rotatable bonds is 4. The Morgan fingerprint density at radius 3 is 2.94 bits per heavy atom. The lowest BCUT2D eigenvalue weighted by atomic mass is 9.94. The third kappa shape index (κ3) is 2.67. The van der Waals surface area contributed by atoms with Crippen LogP contribution in [0.2, 0.25) is 0 Å². The molecule has 2 heterocycles. The van der Waals surface area contributed by atoms with Gasteiger partial charge in [0.25, 0.3) is 0 Å². The summed E-state index contributed by atoms with van der Waals surface area (Å²) >= 11 is 0. The quantitative estimate of drug-likeness (QED) is 0.881. The van der Waals surface area contributed by atoms with Crippen LogP contribution in [0.4, 0.5) is 0 Å². The Bertz CT molecular complexity index is 409. The van der Waals surface area contributed by atoms with Crippen LogP contribution in [-0.2, 0) is 18.3 Å². The van der Waals surface area contributed by atoms with Crippen molar-refractivity contribution in [1.29, 1.82) is 0 Å². The number of nitrogens with zero attached hydrogens (tertiary/aromatic N) is 2. The molecule has 1 atom stereocenters. The van der Waals surface area contributed by atoms with Crippen LogP contribution >= 0.6 is 0 Å². The fraction of sp³-hybridized carbons (Fsp3) is 0.769. The van der Waals surface area contributed by atoms with E-state index < -0.39 is 0 Å². The molecular formula is C13H23N3O2. The molecule has 1 aromatic heterocycles. The maximum atomic E-state index is 5.55. The predicted octanol–water partition coefficient (Wildman–Crippen LogP) is 1.40. The van der Waals surface area contributed by atoms with Crippen LogP contribution < -0.4 is 10.1 Å². The summed E-state index contributed by atoms with van der Waals surface area (Å²) in [4.78, 5) is 0. The van der Waals surface area contributed by atoms with E-state index in [2.05, 4.69) is 17.3 Å². The van der Waals surface area contributed by atoms with Crippen LogP contribution in [0.1, 0.15) is 31.0 Å². The largest absolute Gasteiger partial charge is 0.481 e. The Kier molecular flexibility index (Phi) is 3.92. The molecule has 2 rings (SSSR count). The molecule has 1 aromatic rings. The maximum absolute atomic E-state index is 5.55. The second-order valence-corrected chi connectivity index (χ2v) is 5.27. The zero-order chi connectivity index (χ0) is 13.2. The minimum absolute atomic E-state index is 0.0611. The van der Waals surface area contributed by atoms with E-state index in [1.807, 2.05) is 14.0 Å². The van der Waals surface area contributed by atoms with Crippen molar-refractivity contribution in [2.45, 2.75) is 38.8 Å². The van der Waals surface area contributed by atoms with Gasteiger partial charge in [-0.2, -0.15) is 5.10 Å². The first-order valence-corrected chi connectivity index (χ1v) is 6.45. The third-order valence-electron chi connectivity index (χ3n) is 3.61. The molecule has 0 aliphatic carbocycles. The van der Waals surface area contributed by atoms with E-state index in [0.29, 0.717) is 0 Å². The van der Waals surface area contributed by atoms with Crippen molar-refractivity contribution >= 4 is 0 Å². The molecule has 1 N–H and O–H groups in total. The van der Waals surface area contributed by atoms with Crippen molar-refractivity contribution in [2.24, 2.45) is 7.05 Å². The SMILES string of the molecule is COc1c(CNC2(C)CCCOC2)c(C)nn1C. The summed E-state index contributed by atoms with van der Waals surface area (Å²) < 4.78 is 12.7. The van der Waals surface area contributed by atoms with Crippen LogP contribution in [0.15, 0.2) is 0 Å². The average molecular weight is 253 g/mol. The number of hydrogen-bond acceptors (Lipinski definition) is 4. The maximum Gasteiger partial charge on any atom is 0.216 e.